The van der Waals surface area contributed by atoms with Gasteiger partial charge in [-0.1, -0.05) is 79.2 Å². The van der Waals surface area contributed by atoms with Crippen LogP contribution in [0, 0.1) is 0 Å². The number of rotatable bonds is 10. The summed E-state index contributed by atoms with van der Waals surface area (Å²) in [7, 11) is 0. The largest absolute Gasteiger partial charge is 0.366 e. The molecule has 0 unspecified atom stereocenters. The molecule has 0 heterocycles. The summed E-state index contributed by atoms with van der Waals surface area (Å²) in [4.78, 5) is 0. The molecule has 2 rings (SSSR count). The van der Waals surface area contributed by atoms with Crippen LogP contribution >= 0.6 is 12.4 Å². The summed E-state index contributed by atoms with van der Waals surface area (Å²) >= 11 is 0. The Balaban J connectivity index is 0.00000338. The van der Waals surface area contributed by atoms with Gasteiger partial charge in [0.25, 0.3) is 0 Å². The molecule has 3 heteroatoms. The molecule has 0 radical (unpaired) electrons. The first kappa shape index (κ1) is 22.4. The highest BCUT2D eigenvalue weighted by Crippen LogP contribution is 2.37. The molecule has 2 aromatic rings. The van der Waals surface area contributed by atoms with Crippen molar-refractivity contribution in [2.45, 2.75) is 39.2 Å². The van der Waals surface area contributed by atoms with Crippen LogP contribution in [0.3, 0.4) is 0 Å². The fourth-order valence-corrected chi connectivity index (χ4v) is 3.03. The van der Waals surface area contributed by atoms with Gasteiger partial charge in [0.15, 0.2) is 0 Å². The lowest BCUT2D eigenvalue weighted by Gasteiger charge is -2.35. The maximum absolute atomic E-state index is 6.52. The molecule has 0 saturated heterocycles. The van der Waals surface area contributed by atoms with E-state index >= 15 is 0 Å². The van der Waals surface area contributed by atoms with E-state index in [0.29, 0.717) is 0 Å². The first-order valence-electron chi connectivity index (χ1n) is 9.28. The van der Waals surface area contributed by atoms with Crippen LogP contribution in [0.2, 0.25) is 0 Å². The minimum absolute atomic E-state index is 0. The third kappa shape index (κ3) is 6.28. The van der Waals surface area contributed by atoms with Gasteiger partial charge in [-0.15, -0.1) is 12.4 Å². The van der Waals surface area contributed by atoms with Crippen LogP contribution in [0.25, 0.3) is 0 Å². The molecular weight excluding hydrogens is 342 g/mol. The molecule has 1 N–H and O–H groups in total. The van der Waals surface area contributed by atoms with Gasteiger partial charge in [-0.25, -0.2) is 0 Å². The average molecular weight is 374 g/mol. The molecule has 0 aliphatic rings. The standard InChI is InChI=1S/C23H31NO.ClH/c1-4-19-25-23(21-11-7-5-8-12-21,22-13-9-6-10-14-22)16-18-24-17-15-20(2)3;/h5-15,24H,4,16-19H2,1-3H3;1H. The molecular formula is C23H32ClNO. The third-order valence-corrected chi connectivity index (χ3v) is 4.34. The summed E-state index contributed by atoms with van der Waals surface area (Å²) in [6, 6.07) is 21.2. The molecule has 0 bridgehead atoms. The zero-order valence-corrected chi connectivity index (χ0v) is 17.0. The highest BCUT2D eigenvalue weighted by Gasteiger charge is 2.34. The fourth-order valence-electron chi connectivity index (χ4n) is 3.03. The Labute approximate surface area is 165 Å². The van der Waals surface area contributed by atoms with Crippen molar-refractivity contribution in [3.63, 3.8) is 0 Å². The molecule has 0 aliphatic carbocycles. The molecule has 2 aromatic carbocycles. The number of allylic oxidation sites excluding steroid dienone is 1. The van der Waals surface area contributed by atoms with E-state index in [-0.39, 0.29) is 12.4 Å². The second kappa shape index (κ2) is 11.9. The molecule has 0 amide bonds. The van der Waals surface area contributed by atoms with E-state index in [1.807, 2.05) is 0 Å². The van der Waals surface area contributed by atoms with E-state index in [1.165, 1.54) is 16.7 Å². The van der Waals surface area contributed by atoms with Crippen LogP contribution in [0.1, 0.15) is 44.7 Å². The minimum atomic E-state index is -0.406. The maximum atomic E-state index is 6.52. The highest BCUT2D eigenvalue weighted by atomic mass is 35.5. The monoisotopic (exact) mass is 373 g/mol. The minimum Gasteiger partial charge on any atom is -0.366 e. The van der Waals surface area contributed by atoms with Crippen LogP contribution in [-0.2, 0) is 10.3 Å². The van der Waals surface area contributed by atoms with Crippen molar-refractivity contribution >= 4 is 12.4 Å². The normalized spacial score (nSPS) is 10.9. The lowest BCUT2D eigenvalue weighted by Crippen LogP contribution is -2.35. The summed E-state index contributed by atoms with van der Waals surface area (Å²) in [5.74, 6) is 0. The molecule has 0 saturated carbocycles. The molecule has 0 aromatic heterocycles. The molecule has 26 heavy (non-hydrogen) atoms. The van der Waals surface area contributed by atoms with Crippen molar-refractivity contribution in [1.29, 1.82) is 0 Å². The van der Waals surface area contributed by atoms with Crippen LogP contribution in [-0.4, -0.2) is 19.7 Å². The molecule has 142 valence electrons. The lowest BCUT2D eigenvalue weighted by atomic mass is 9.83. The van der Waals surface area contributed by atoms with Crippen LogP contribution in [0.15, 0.2) is 72.3 Å². The van der Waals surface area contributed by atoms with Crippen molar-refractivity contribution < 1.29 is 4.74 Å². The summed E-state index contributed by atoms with van der Waals surface area (Å²) in [5, 5.41) is 3.53. The zero-order valence-electron chi connectivity index (χ0n) is 16.2. The maximum Gasteiger partial charge on any atom is 0.119 e. The predicted octanol–water partition coefficient (Wildman–Crippen LogP) is 5.72. The van der Waals surface area contributed by atoms with Gasteiger partial charge in [0.05, 0.1) is 0 Å². The van der Waals surface area contributed by atoms with Crippen molar-refractivity contribution in [2.75, 3.05) is 19.7 Å². The Bertz CT molecular complexity index is 596. The topological polar surface area (TPSA) is 21.3 Å². The summed E-state index contributed by atoms with van der Waals surface area (Å²) in [6.07, 6.45) is 4.13. The van der Waals surface area contributed by atoms with Gasteiger partial charge in [0.2, 0.25) is 0 Å². The lowest BCUT2D eigenvalue weighted by molar-refractivity contribution is -0.0241. The quantitative estimate of drug-likeness (QED) is 0.424. The van der Waals surface area contributed by atoms with E-state index in [4.69, 9.17) is 4.74 Å². The number of hydrogen-bond donors (Lipinski definition) is 1. The number of nitrogens with one attached hydrogen (secondary N) is 1. The van der Waals surface area contributed by atoms with Gasteiger partial charge >= 0.3 is 0 Å². The molecule has 0 aliphatic heterocycles. The Kier molecular flexibility index (Phi) is 10.3. The van der Waals surface area contributed by atoms with Gasteiger partial charge in [-0.05, 0) is 44.4 Å². The predicted molar refractivity (Wildman–Crippen MR) is 114 cm³/mol. The Morgan fingerprint density at radius 3 is 1.96 bits per heavy atom. The Hall–Kier alpha value is -1.61. The van der Waals surface area contributed by atoms with Gasteiger partial charge < -0.3 is 10.1 Å². The SMILES string of the molecule is CCCOC(CCNCC=C(C)C)(c1ccccc1)c1ccccc1.Cl. The summed E-state index contributed by atoms with van der Waals surface area (Å²) in [6.45, 7) is 8.97. The molecule has 2 nitrogen and oxygen atoms in total. The zero-order chi connectivity index (χ0) is 18.0. The van der Waals surface area contributed by atoms with Gasteiger partial charge in [0.1, 0.15) is 5.60 Å². The fraction of sp³-hybridized carbons (Fsp3) is 0.391. The van der Waals surface area contributed by atoms with E-state index in [1.54, 1.807) is 0 Å². The summed E-state index contributed by atoms with van der Waals surface area (Å²) < 4.78 is 6.52. The first-order valence-corrected chi connectivity index (χ1v) is 9.28. The second-order valence-electron chi connectivity index (χ2n) is 6.64. The molecule has 0 spiro atoms. The van der Waals surface area contributed by atoms with E-state index in [0.717, 1.165) is 32.5 Å². The number of halogens is 1. The first-order chi connectivity index (χ1) is 12.2. The number of benzene rings is 2. The smallest absolute Gasteiger partial charge is 0.119 e. The number of hydrogen-bond acceptors (Lipinski definition) is 2. The second-order valence-corrected chi connectivity index (χ2v) is 6.64. The van der Waals surface area contributed by atoms with Crippen LogP contribution < -0.4 is 5.32 Å². The van der Waals surface area contributed by atoms with E-state index in [2.05, 4.69) is 92.8 Å². The van der Waals surface area contributed by atoms with Crippen molar-refractivity contribution in [3.8, 4) is 0 Å². The van der Waals surface area contributed by atoms with Gasteiger partial charge in [-0.2, -0.15) is 0 Å². The van der Waals surface area contributed by atoms with E-state index < -0.39 is 5.60 Å². The average Bonchev–Trinajstić information content (AvgIpc) is 2.65. The number of ether oxygens (including phenoxy) is 1. The Morgan fingerprint density at radius 2 is 1.50 bits per heavy atom. The third-order valence-electron chi connectivity index (χ3n) is 4.34. The highest BCUT2D eigenvalue weighted by molar-refractivity contribution is 5.85. The molecule has 0 atom stereocenters. The van der Waals surface area contributed by atoms with E-state index in [9.17, 15) is 0 Å². The Morgan fingerprint density at radius 1 is 0.962 bits per heavy atom. The van der Waals surface area contributed by atoms with Gasteiger partial charge in [-0.3, -0.25) is 0 Å². The van der Waals surface area contributed by atoms with Crippen molar-refractivity contribution in [2.24, 2.45) is 0 Å². The van der Waals surface area contributed by atoms with Crippen molar-refractivity contribution in [3.05, 3.63) is 83.4 Å². The van der Waals surface area contributed by atoms with Crippen LogP contribution in [0.5, 0.6) is 0 Å². The summed E-state index contributed by atoms with van der Waals surface area (Å²) in [5.41, 5.74) is 3.38. The van der Waals surface area contributed by atoms with Gasteiger partial charge in [0, 0.05) is 13.2 Å². The van der Waals surface area contributed by atoms with Crippen molar-refractivity contribution in [1.82, 2.24) is 5.32 Å². The van der Waals surface area contributed by atoms with Crippen LogP contribution in [0.4, 0.5) is 0 Å². The molecule has 0 fully saturated rings.